The standard InChI is InChI=1S/C25H39N3O/c1-8-21(9-2)29-24-14-13-20(17-27-24)25(6,7)15-19(5)16-26-23-12-10-11-22(28-23)18(3)4/h10-14,17-19,21H,8-9,15-16H2,1-7H3,(H,26,28). The molecule has 0 aliphatic carbocycles. The Bertz CT molecular complexity index is 736. The maximum absolute atomic E-state index is 5.95. The number of nitrogens with one attached hydrogen (secondary N) is 1. The average molecular weight is 398 g/mol. The normalized spacial score (nSPS) is 13.0. The van der Waals surface area contributed by atoms with Crippen LogP contribution in [-0.2, 0) is 5.41 Å². The lowest BCUT2D eigenvalue weighted by Gasteiger charge is -2.29. The molecule has 0 amide bonds. The molecule has 4 nitrogen and oxygen atoms in total. The van der Waals surface area contributed by atoms with E-state index in [1.54, 1.807) is 0 Å². The van der Waals surface area contributed by atoms with Gasteiger partial charge in [-0.05, 0) is 54.2 Å². The highest BCUT2D eigenvalue weighted by Crippen LogP contribution is 2.31. The van der Waals surface area contributed by atoms with Crippen LogP contribution in [0.15, 0.2) is 36.5 Å². The number of hydrogen-bond donors (Lipinski definition) is 1. The lowest BCUT2D eigenvalue weighted by molar-refractivity contribution is 0.184. The highest BCUT2D eigenvalue weighted by Gasteiger charge is 2.24. The molecule has 1 atom stereocenters. The molecule has 0 saturated heterocycles. The maximum atomic E-state index is 5.95. The summed E-state index contributed by atoms with van der Waals surface area (Å²) in [7, 11) is 0. The van der Waals surface area contributed by atoms with E-state index in [0.717, 1.165) is 43.2 Å². The first-order valence-corrected chi connectivity index (χ1v) is 11.1. The zero-order valence-corrected chi connectivity index (χ0v) is 19.3. The number of hydrogen-bond acceptors (Lipinski definition) is 4. The van der Waals surface area contributed by atoms with E-state index in [9.17, 15) is 0 Å². The van der Waals surface area contributed by atoms with E-state index in [4.69, 9.17) is 9.72 Å². The van der Waals surface area contributed by atoms with Gasteiger partial charge in [-0.25, -0.2) is 9.97 Å². The van der Waals surface area contributed by atoms with Crippen molar-refractivity contribution in [1.82, 2.24) is 9.97 Å². The summed E-state index contributed by atoms with van der Waals surface area (Å²) in [5.41, 5.74) is 2.43. The number of rotatable bonds is 11. The Balaban J connectivity index is 1.93. The minimum absolute atomic E-state index is 0.0503. The molecular formula is C25H39N3O. The average Bonchev–Trinajstić information content (AvgIpc) is 2.70. The molecule has 1 N–H and O–H groups in total. The van der Waals surface area contributed by atoms with Gasteiger partial charge in [0.25, 0.3) is 0 Å². The molecule has 4 heteroatoms. The van der Waals surface area contributed by atoms with E-state index in [-0.39, 0.29) is 11.5 Å². The lowest BCUT2D eigenvalue weighted by atomic mass is 9.78. The van der Waals surface area contributed by atoms with Gasteiger partial charge in [0.15, 0.2) is 0 Å². The molecular weight excluding hydrogens is 358 g/mol. The van der Waals surface area contributed by atoms with Gasteiger partial charge in [-0.1, -0.05) is 60.6 Å². The van der Waals surface area contributed by atoms with Crippen molar-refractivity contribution in [2.24, 2.45) is 5.92 Å². The van der Waals surface area contributed by atoms with Gasteiger partial charge in [0.1, 0.15) is 5.82 Å². The fraction of sp³-hybridized carbons (Fsp3) is 0.600. The molecule has 2 aromatic rings. The minimum Gasteiger partial charge on any atom is -0.474 e. The van der Waals surface area contributed by atoms with Gasteiger partial charge in [-0.15, -0.1) is 0 Å². The van der Waals surface area contributed by atoms with Gasteiger partial charge >= 0.3 is 0 Å². The fourth-order valence-corrected chi connectivity index (χ4v) is 3.69. The SMILES string of the molecule is CCC(CC)Oc1ccc(C(C)(C)CC(C)CNc2cccc(C(C)C)n2)cn1. The predicted molar refractivity (Wildman–Crippen MR) is 123 cm³/mol. The highest BCUT2D eigenvalue weighted by molar-refractivity contribution is 5.36. The quantitative estimate of drug-likeness (QED) is 0.465. The van der Waals surface area contributed by atoms with Crippen LogP contribution < -0.4 is 10.1 Å². The number of nitrogens with zero attached hydrogens (tertiary/aromatic N) is 2. The molecule has 0 aliphatic heterocycles. The van der Waals surface area contributed by atoms with E-state index < -0.39 is 0 Å². The zero-order chi connectivity index (χ0) is 21.4. The van der Waals surface area contributed by atoms with Gasteiger partial charge in [-0.3, -0.25) is 0 Å². The van der Waals surface area contributed by atoms with E-state index >= 15 is 0 Å². The molecule has 2 aromatic heterocycles. The van der Waals surface area contributed by atoms with Crippen molar-refractivity contribution in [1.29, 1.82) is 0 Å². The number of aromatic nitrogens is 2. The number of pyridine rings is 2. The largest absolute Gasteiger partial charge is 0.474 e. The van der Waals surface area contributed by atoms with E-state index in [0.29, 0.717) is 11.8 Å². The monoisotopic (exact) mass is 397 g/mol. The Morgan fingerprint density at radius 1 is 1.03 bits per heavy atom. The number of anilines is 1. The first-order chi connectivity index (χ1) is 13.7. The second-order valence-corrected chi connectivity index (χ2v) is 9.12. The van der Waals surface area contributed by atoms with Crippen molar-refractivity contribution in [3.05, 3.63) is 47.8 Å². The smallest absolute Gasteiger partial charge is 0.213 e. The zero-order valence-electron chi connectivity index (χ0n) is 19.3. The molecule has 2 heterocycles. The van der Waals surface area contributed by atoms with Crippen LogP contribution in [-0.4, -0.2) is 22.6 Å². The summed E-state index contributed by atoms with van der Waals surface area (Å²) >= 11 is 0. The van der Waals surface area contributed by atoms with Crippen LogP contribution in [0.25, 0.3) is 0 Å². The van der Waals surface area contributed by atoms with Crippen molar-refractivity contribution >= 4 is 5.82 Å². The Labute approximate surface area is 177 Å². The summed E-state index contributed by atoms with van der Waals surface area (Å²) in [5, 5.41) is 3.51. The predicted octanol–water partition coefficient (Wildman–Crippen LogP) is 6.58. The van der Waals surface area contributed by atoms with Crippen molar-refractivity contribution in [2.45, 2.75) is 85.2 Å². The van der Waals surface area contributed by atoms with Crippen LogP contribution in [0.1, 0.15) is 84.9 Å². The molecule has 0 aromatic carbocycles. The van der Waals surface area contributed by atoms with Gasteiger partial charge in [0, 0.05) is 24.5 Å². The van der Waals surface area contributed by atoms with Gasteiger partial charge in [0.05, 0.1) is 6.10 Å². The number of ether oxygens (including phenoxy) is 1. The van der Waals surface area contributed by atoms with E-state index in [2.05, 4.69) is 77.0 Å². The summed E-state index contributed by atoms with van der Waals surface area (Å²) in [6.07, 6.45) is 5.30. The van der Waals surface area contributed by atoms with Crippen LogP contribution in [0.2, 0.25) is 0 Å². The molecule has 29 heavy (non-hydrogen) atoms. The topological polar surface area (TPSA) is 47.0 Å². The van der Waals surface area contributed by atoms with Gasteiger partial charge in [0.2, 0.25) is 5.88 Å². The maximum Gasteiger partial charge on any atom is 0.213 e. The van der Waals surface area contributed by atoms with Crippen molar-refractivity contribution in [3.63, 3.8) is 0 Å². The molecule has 1 unspecified atom stereocenters. The Morgan fingerprint density at radius 3 is 2.34 bits per heavy atom. The summed E-state index contributed by atoms with van der Waals surface area (Å²) in [6.45, 7) is 16.4. The second kappa shape index (κ2) is 10.6. The molecule has 0 bridgehead atoms. The molecule has 0 radical (unpaired) electrons. The van der Waals surface area contributed by atoms with Crippen LogP contribution in [0, 0.1) is 5.92 Å². The Hall–Kier alpha value is -2.10. The molecule has 0 fully saturated rings. The summed E-state index contributed by atoms with van der Waals surface area (Å²) < 4.78 is 5.95. The molecule has 0 aliphatic rings. The van der Waals surface area contributed by atoms with Crippen molar-refractivity contribution < 1.29 is 4.74 Å². The third-order valence-electron chi connectivity index (χ3n) is 5.57. The first-order valence-electron chi connectivity index (χ1n) is 11.1. The van der Waals surface area contributed by atoms with Crippen molar-refractivity contribution in [3.8, 4) is 5.88 Å². The van der Waals surface area contributed by atoms with E-state index in [1.165, 1.54) is 5.56 Å². The van der Waals surface area contributed by atoms with Crippen molar-refractivity contribution in [2.75, 3.05) is 11.9 Å². The first kappa shape index (κ1) is 23.2. The minimum atomic E-state index is 0.0503. The van der Waals surface area contributed by atoms with Crippen LogP contribution in [0.3, 0.4) is 0 Å². The summed E-state index contributed by atoms with van der Waals surface area (Å²) in [5.74, 6) is 2.64. The van der Waals surface area contributed by atoms with Crippen LogP contribution >= 0.6 is 0 Å². The van der Waals surface area contributed by atoms with E-state index in [1.807, 2.05) is 18.3 Å². The fourth-order valence-electron chi connectivity index (χ4n) is 3.69. The van der Waals surface area contributed by atoms with Crippen LogP contribution in [0.4, 0.5) is 5.82 Å². The second-order valence-electron chi connectivity index (χ2n) is 9.12. The summed E-state index contributed by atoms with van der Waals surface area (Å²) in [4.78, 5) is 9.27. The summed E-state index contributed by atoms with van der Waals surface area (Å²) in [6, 6.07) is 10.4. The molecule has 2 rings (SSSR count). The Kier molecular flexibility index (Phi) is 8.48. The molecule has 0 spiro atoms. The Morgan fingerprint density at radius 2 is 1.76 bits per heavy atom. The lowest BCUT2D eigenvalue weighted by Crippen LogP contribution is -2.25. The van der Waals surface area contributed by atoms with Gasteiger partial charge < -0.3 is 10.1 Å². The third-order valence-corrected chi connectivity index (χ3v) is 5.57. The molecule has 160 valence electrons. The van der Waals surface area contributed by atoms with Gasteiger partial charge in [-0.2, -0.15) is 0 Å². The molecule has 0 saturated carbocycles. The third kappa shape index (κ3) is 7.02. The highest BCUT2D eigenvalue weighted by atomic mass is 16.5. The van der Waals surface area contributed by atoms with Crippen LogP contribution in [0.5, 0.6) is 5.88 Å².